The minimum absolute atomic E-state index is 0.00828. The molecule has 0 aliphatic carbocycles. The number of rotatable bonds is 5. The predicted molar refractivity (Wildman–Crippen MR) is 130 cm³/mol. The molecule has 1 aromatic heterocycles. The molecule has 2 unspecified atom stereocenters. The zero-order valence-corrected chi connectivity index (χ0v) is 22.0. The van der Waals surface area contributed by atoms with Crippen molar-refractivity contribution in [2.45, 2.75) is 57.5 Å². The van der Waals surface area contributed by atoms with Crippen LogP contribution in [0.25, 0.3) is 0 Å². The number of hydrogen-bond donors (Lipinski definition) is 1. The molecule has 39 heavy (non-hydrogen) atoms. The van der Waals surface area contributed by atoms with Gasteiger partial charge in [-0.1, -0.05) is 17.3 Å². The number of amides is 3. The van der Waals surface area contributed by atoms with E-state index in [1.54, 1.807) is 42.7 Å². The van der Waals surface area contributed by atoms with E-state index in [2.05, 4.69) is 20.2 Å². The number of nitrogens with zero attached hydrogens (tertiary/aromatic N) is 4. The molecule has 0 radical (unpaired) electrons. The Morgan fingerprint density at radius 3 is 2.36 bits per heavy atom. The van der Waals surface area contributed by atoms with E-state index in [0.717, 1.165) is 5.56 Å². The van der Waals surface area contributed by atoms with E-state index < -0.39 is 18.1 Å². The SMILES string of the molecule is CC(C)(C)OC(=O)NCc1noc(C2CC(c3ccc(OC(F)(F)F)cc3)CN(C(=O)N3CCOCC3)C2)n1. The third-order valence-electron chi connectivity index (χ3n) is 6.21. The summed E-state index contributed by atoms with van der Waals surface area (Å²) in [7, 11) is 0. The lowest BCUT2D eigenvalue weighted by Crippen LogP contribution is -2.52. The van der Waals surface area contributed by atoms with E-state index >= 15 is 0 Å². The smallest absolute Gasteiger partial charge is 0.444 e. The van der Waals surface area contributed by atoms with Crippen LogP contribution in [0, 0.1) is 0 Å². The van der Waals surface area contributed by atoms with Gasteiger partial charge in [-0.3, -0.25) is 0 Å². The Kier molecular flexibility index (Phi) is 8.52. The summed E-state index contributed by atoms with van der Waals surface area (Å²) in [5.41, 5.74) is 0.0947. The van der Waals surface area contributed by atoms with Crippen LogP contribution in [-0.4, -0.2) is 83.4 Å². The Balaban J connectivity index is 1.49. The Hall–Kier alpha value is -3.55. The quantitative estimate of drug-likeness (QED) is 0.588. The molecule has 0 saturated carbocycles. The number of urea groups is 1. The molecule has 1 N–H and O–H groups in total. The van der Waals surface area contributed by atoms with Crippen molar-refractivity contribution in [3.8, 4) is 5.75 Å². The normalized spacial score (nSPS) is 20.5. The van der Waals surface area contributed by atoms with Crippen molar-refractivity contribution in [3.05, 3.63) is 41.5 Å². The summed E-state index contributed by atoms with van der Waals surface area (Å²) in [6.07, 6.45) is -4.88. The van der Waals surface area contributed by atoms with Crippen molar-refractivity contribution < 1.29 is 41.5 Å². The van der Waals surface area contributed by atoms with Gasteiger partial charge in [0.15, 0.2) is 5.82 Å². The number of aromatic nitrogens is 2. The number of halogens is 3. The summed E-state index contributed by atoms with van der Waals surface area (Å²) in [5, 5.41) is 6.53. The fourth-order valence-corrected chi connectivity index (χ4v) is 4.54. The van der Waals surface area contributed by atoms with Crippen LogP contribution in [0.5, 0.6) is 5.75 Å². The van der Waals surface area contributed by atoms with E-state index in [-0.39, 0.29) is 36.0 Å². The van der Waals surface area contributed by atoms with Gasteiger partial charge in [-0.15, -0.1) is 13.2 Å². The van der Waals surface area contributed by atoms with Gasteiger partial charge in [-0.05, 0) is 44.9 Å². The highest BCUT2D eigenvalue weighted by Gasteiger charge is 2.37. The largest absolute Gasteiger partial charge is 0.573 e. The molecule has 2 aliphatic heterocycles. The molecule has 214 valence electrons. The Morgan fingerprint density at radius 1 is 1.05 bits per heavy atom. The number of alkyl carbamates (subject to hydrolysis) is 1. The highest BCUT2D eigenvalue weighted by molar-refractivity contribution is 5.75. The molecule has 2 aliphatic rings. The second-order valence-electron chi connectivity index (χ2n) is 10.4. The van der Waals surface area contributed by atoms with Gasteiger partial charge in [-0.25, -0.2) is 9.59 Å². The van der Waals surface area contributed by atoms with E-state index in [0.29, 0.717) is 51.7 Å². The molecule has 2 saturated heterocycles. The van der Waals surface area contributed by atoms with Gasteiger partial charge in [0, 0.05) is 32.1 Å². The lowest BCUT2D eigenvalue weighted by Gasteiger charge is -2.40. The highest BCUT2D eigenvalue weighted by Crippen LogP contribution is 2.36. The summed E-state index contributed by atoms with van der Waals surface area (Å²) in [5.74, 6) is -0.305. The van der Waals surface area contributed by atoms with Crippen molar-refractivity contribution in [1.82, 2.24) is 25.3 Å². The fraction of sp³-hybridized carbons (Fsp3) is 0.600. The van der Waals surface area contributed by atoms with Crippen molar-refractivity contribution in [3.63, 3.8) is 0 Å². The highest BCUT2D eigenvalue weighted by atomic mass is 19.4. The molecule has 14 heteroatoms. The maximum atomic E-state index is 13.3. The summed E-state index contributed by atoms with van der Waals surface area (Å²) in [4.78, 5) is 33.1. The second kappa shape index (κ2) is 11.7. The van der Waals surface area contributed by atoms with Crippen LogP contribution >= 0.6 is 0 Å². The van der Waals surface area contributed by atoms with Gasteiger partial charge in [0.2, 0.25) is 5.89 Å². The van der Waals surface area contributed by atoms with Crippen LogP contribution in [0.3, 0.4) is 0 Å². The number of piperidine rings is 1. The van der Waals surface area contributed by atoms with Crippen LogP contribution in [0.4, 0.5) is 22.8 Å². The standard InChI is InChI=1S/C25H32F3N5O6/c1-24(2,3)38-22(34)29-13-20-30-21(39-31-20)18-12-17(16-4-6-19(7-5-16)37-25(26,27)28)14-33(15-18)23(35)32-8-10-36-11-9-32/h4-7,17-18H,8-15H2,1-3H3,(H,29,34). The number of ether oxygens (including phenoxy) is 3. The number of benzene rings is 1. The molecule has 1 aromatic carbocycles. The molecule has 2 fully saturated rings. The van der Waals surface area contributed by atoms with Gasteiger partial charge in [0.1, 0.15) is 11.4 Å². The average molecular weight is 556 g/mol. The molecule has 11 nitrogen and oxygen atoms in total. The fourth-order valence-electron chi connectivity index (χ4n) is 4.54. The van der Waals surface area contributed by atoms with Gasteiger partial charge in [0.05, 0.1) is 25.7 Å². The van der Waals surface area contributed by atoms with Gasteiger partial charge < -0.3 is 33.9 Å². The van der Waals surface area contributed by atoms with Gasteiger partial charge in [-0.2, -0.15) is 4.98 Å². The lowest BCUT2D eigenvalue weighted by molar-refractivity contribution is -0.274. The van der Waals surface area contributed by atoms with Gasteiger partial charge in [0.25, 0.3) is 0 Å². The minimum atomic E-state index is -4.78. The first kappa shape index (κ1) is 28.5. The molecule has 3 heterocycles. The van der Waals surface area contributed by atoms with E-state index in [1.165, 1.54) is 12.1 Å². The average Bonchev–Trinajstić information content (AvgIpc) is 3.35. The van der Waals surface area contributed by atoms with E-state index in [4.69, 9.17) is 14.0 Å². The molecule has 2 atom stereocenters. The Bertz CT molecular complexity index is 1130. The first-order chi connectivity index (χ1) is 18.4. The number of carbonyl (C=O) groups is 2. The van der Waals surface area contributed by atoms with Crippen molar-refractivity contribution in [1.29, 1.82) is 0 Å². The third kappa shape index (κ3) is 8.22. The minimum Gasteiger partial charge on any atom is -0.444 e. The number of likely N-dealkylation sites (tertiary alicyclic amines) is 1. The van der Waals surface area contributed by atoms with E-state index in [9.17, 15) is 22.8 Å². The van der Waals surface area contributed by atoms with E-state index in [1.807, 2.05) is 0 Å². The predicted octanol–water partition coefficient (Wildman–Crippen LogP) is 4.02. The first-order valence-corrected chi connectivity index (χ1v) is 12.6. The number of carbonyl (C=O) groups excluding carboxylic acids is 2. The molecule has 3 amide bonds. The monoisotopic (exact) mass is 555 g/mol. The maximum Gasteiger partial charge on any atom is 0.573 e. The molecular weight excluding hydrogens is 523 g/mol. The van der Waals surface area contributed by atoms with Crippen LogP contribution in [-0.2, 0) is 16.0 Å². The summed E-state index contributed by atoms with van der Waals surface area (Å²) >= 11 is 0. The molecule has 0 spiro atoms. The van der Waals surface area contributed by atoms with Crippen LogP contribution in [0.15, 0.2) is 28.8 Å². The number of hydrogen-bond acceptors (Lipinski definition) is 8. The summed E-state index contributed by atoms with van der Waals surface area (Å²) in [6.45, 7) is 7.76. The molecule has 0 bridgehead atoms. The van der Waals surface area contributed by atoms with Crippen molar-refractivity contribution in [2.75, 3.05) is 39.4 Å². The van der Waals surface area contributed by atoms with Crippen LogP contribution in [0.2, 0.25) is 0 Å². The Morgan fingerprint density at radius 2 is 1.72 bits per heavy atom. The number of alkyl halides is 3. The third-order valence-corrected chi connectivity index (χ3v) is 6.21. The molecular formula is C25H32F3N5O6. The summed E-state index contributed by atoms with van der Waals surface area (Å²) in [6, 6.07) is 5.49. The Labute approximate surface area is 223 Å². The van der Waals surface area contributed by atoms with Crippen LogP contribution < -0.4 is 10.1 Å². The van der Waals surface area contributed by atoms with Crippen molar-refractivity contribution in [2.24, 2.45) is 0 Å². The number of morpholine rings is 1. The summed E-state index contributed by atoms with van der Waals surface area (Å²) < 4.78 is 57.8. The topological polar surface area (TPSA) is 119 Å². The molecule has 4 rings (SSSR count). The maximum absolute atomic E-state index is 13.3. The second-order valence-corrected chi connectivity index (χ2v) is 10.4. The first-order valence-electron chi connectivity index (χ1n) is 12.6. The van der Waals surface area contributed by atoms with Crippen molar-refractivity contribution >= 4 is 12.1 Å². The van der Waals surface area contributed by atoms with Gasteiger partial charge >= 0.3 is 18.5 Å². The zero-order valence-electron chi connectivity index (χ0n) is 22.0. The lowest BCUT2D eigenvalue weighted by atomic mass is 9.84. The number of nitrogens with one attached hydrogen (secondary N) is 1. The zero-order chi connectivity index (χ0) is 28.2. The van der Waals surface area contributed by atoms with Crippen LogP contribution in [0.1, 0.15) is 56.3 Å². The molecule has 2 aromatic rings.